The second kappa shape index (κ2) is 7.20. The Labute approximate surface area is 143 Å². The van der Waals surface area contributed by atoms with Crippen molar-refractivity contribution < 1.29 is 29.1 Å². The first-order chi connectivity index (χ1) is 12.2. The summed E-state index contributed by atoms with van der Waals surface area (Å²) in [6.45, 7) is 2.18. The number of carbonyl (C=O) groups is 2. The van der Waals surface area contributed by atoms with Crippen molar-refractivity contribution in [2.75, 3.05) is 11.0 Å². The average molecular weight is 366 g/mol. The summed E-state index contributed by atoms with van der Waals surface area (Å²) in [6.07, 6.45) is 0. The Morgan fingerprint density at radius 2 is 1.23 bits per heavy atom. The van der Waals surface area contributed by atoms with Gasteiger partial charge in [0.15, 0.2) is 0 Å². The number of anilines is 2. The maximum atomic E-state index is 11.0. The van der Waals surface area contributed by atoms with Gasteiger partial charge in [-0.25, -0.2) is 9.97 Å². The number of benzene rings is 1. The number of nitro groups is 2. The van der Waals surface area contributed by atoms with E-state index in [4.69, 9.17) is 0 Å². The Kier molecular flexibility index (Phi) is 5.05. The van der Waals surface area contributed by atoms with Gasteiger partial charge >= 0.3 is 23.3 Å². The van der Waals surface area contributed by atoms with Crippen molar-refractivity contribution in [2.24, 2.45) is 0 Å². The van der Waals surface area contributed by atoms with Gasteiger partial charge in [-0.15, -0.1) is 0 Å². The molecule has 1 heterocycles. The lowest BCUT2D eigenvalue weighted by Gasteiger charge is -2.11. The minimum absolute atomic E-state index is 0.106. The van der Waals surface area contributed by atoms with Gasteiger partial charge in [0.1, 0.15) is 0 Å². The lowest BCUT2D eigenvalue weighted by Crippen LogP contribution is -2.14. The van der Waals surface area contributed by atoms with E-state index in [1.807, 2.05) is 0 Å². The molecule has 0 aliphatic rings. The van der Waals surface area contributed by atoms with Crippen LogP contribution in [-0.4, -0.2) is 31.8 Å². The zero-order chi connectivity index (χ0) is 19.4. The van der Waals surface area contributed by atoms with Crippen molar-refractivity contribution in [1.82, 2.24) is 9.97 Å². The standard InChI is InChI=1S/C12H10N6O8/c1-5(19)25-15-11-12(16-26-6(2)20)14-8-4-10(18(23)24)9(17(21)22)3-7(8)13-11/h3-4H,1-2H3,(H,13,15)(H,14,16). The third kappa shape index (κ3) is 4.05. The van der Waals surface area contributed by atoms with Crippen LogP contribution in [0.1, 0.15) is 13.8 Å². The first-order valence-corrected chi connectivity index (χ1v) is 6.70. The van der Waals surface area contributed by atoms with E-state index in [0.717, 1.165) is 26.0 Å². The van der Waals surface area contributed by atoms with Gasteiger partial charge in [-0.3, -0.25) is 29.8 Å². The van der Waals surface area contributed by atoms with Crippen LogP contribution in [0.5, 0.6) is 0 Å². The highest BCUT2D eigenvalue weighted by Gasteiger charge is 2.26. The fourth-order valence-corrected chi connectivity index (χ4v) is 1.76. The second-order valence-electron chi connectivity index (χ2n) is 4.66. The number of nitrogens with one attached hydrogen (secondary N) is 2. The van der Waals surface area contributed by atoms with E-state index in [-0.39, 0.29) is 22.7 Å². The smallest absolute Gasteiger partial charge is 0.342 e. The van der Waals surface area contributed by atoms with Gasteiger partial charge in [-0.05, 0) is 0 Å². The molecule has 0 aliphatic carbocycles. The normalized spacial score (nSPS) is 10.1. The van der Waals surface area contributed by atoms with E-state index in [0.29, 0.717) is 0 Å². The van der Waals surface area contributed by atoms with Crippen molar-refractivity contribution in [3.63, 3.8) is 0 Å². The Hall–Kier alpha value is -4.10. The molecular formula is C12H10N6O8. The van der Waals surface area contributed by atoms with Gasteiger partial charge in [-0.2, -0.15) is 11.0 Å². The van der Waals surface area contributed by atoms with E-state index in [2.05, 4.69) is 30.6 Å². The first kappa shape index (κ1) is 18.2. The molecule has 0 fully saturated rings. The third-order valence-electron chi connectivity index (χ3n) is 2.74. The molecule has 0 bridgehead atoms. The van der Waals surface area contributed by atoms with Gasteiger partial charge in [0.05, 0.1) is 33.0 Å². The molecule has 2 rings (SSSR count). The molecule has 0 aliphatic heterocycles. The van der Waals surface area contributed by atoms with Crippen LogP contribution in [0.2, 0.25) is 0 Å². The summed E-state index contributed by atoms with van der Waals surface area (Å²) < 4.78 is 0. The molecule has 0 saturated heterocycles. The Morgan fingerprint density at radius 3 is 1.50 bits per heavy atom. The highest BCUT2D eigenvalue weighted by atomic mass is 16.7. The van der Waals surface area contributed by atoms with Gasteiger partial charge < -0.3 is 9.68 Å². The zero-order valence-corrected chi connectivity index (χ0v) is 13.2. The van der Waals surface area contributed by atoms with E-state index < -0.39 is 33.2 Å². The number of nitro benzene ring substituents is 2. The summed E-state index contributed by atoms with van der Waals surface area (Å²) in [5, 5.41) is 22.0. The molecule has 0 amide bonds. The summed E-state index contributed by atoms with van der Waals surface area (Å²) in [6, 6.07) is 1.68. The van der Waals surface area contributed by atoms with Crippen molar-refractivity contribution in [2.45, 2.75) is 13.8 Å². The predicted molar refractivity (Wildman–Crippen MR) is 83.6 cm³/mol. The summed E-state index contributed by atoms with van der Waals surface area (Å²) in [7, 11) is 0. The van der Waals surface area contributed by atoms with Crippen molar-refractivity contribution in [1.29, 1.82) is 0 Å². The van der Waals surface area contributed by atoms with Crippen LogP contribution < -0.4 is 11.0 Å². The number of hydrogen-bond donors (Lipinski definition) is 2. The molecular weight excluding hydrogens is 356 g/mol. The Bertz CT molecular complexity index is 855. The van der Waals surface area contributed by atoms with Gasteiger partial charge in [0, 0.05) is 13.8 Å². The molecule has 26 heavy (non-hydrogen) atoms. The van der Waals surface area contributed by atoms with Crippen LogP contribution in [0.3, 0.4) is 0 Å². The molecule has 0 radical (unpaired) electrons. The van der Waals surface area contributed by atoms with Crippen LogP contribution in [0.15, 0.2) is 12.1 Å². The molecule has 0 spiro atoms. The molecule has 0 atom stereocenters. The molecule has 136 valence electrons. The molecule has 14 heteroatoms. The van der Waals surface area contributed by atoms with Crippen molar-refractivity contribution in [3.8, 4) is 0 Å². The van der Waals surface area contributed by atoms with E-state index in [1.165, 1.54) is 0 Å². The van der Waals surface area contributed by atoms with Crippen LogP contribution in [0.4, 0.5) is 23.0 Å². The predicted octanol–water partition coefficient (Wildman–Crippen LogP) is 1.23. The van der Waals surface area contributed by atoms with Gasteiger partial charge in [-0.1, -0.05) is 0 Å². The van der Waals surface area contributed by atoms with Crippen LogP contribution in [0, 0.1) is 20.2 Å². The van der Waals surface area contributed by atoms with E-state index in [9.17, 15) is 29.8 Å². The zero-order valence-electron chi connectivity index (χ0n) is 13.2. The fourth-order valence-electron chi connectivity index (χ4n) is 1.76. The summed E-state index contributed by atoms with van der Waals surface area (Å²) in [4.78, 5) is 59.0. The molecule has 14 nitrogen and oxygen atoms in total. The van der Waals surface area contributed by atoms with E-state index >= 15 is 0 Å². The number of carbonyl (C=O) groups excluding carboxylic acids is 2. The first-order valence-electron chi connectivity index (χ1n) is 6.70. The number of aromatic nitrogens is 2. The van der Waals surface area contributed by atoms with Gasteiger partial charge in [0.25, 0.3) is 0 Å². The SMILES string of the molecule is CC(=O)ONc1nc2cc([N+](=O)[O-])c([N+](=O)[O-])cc2nc1NOC(C)=O. The Balaban J connectivity index is 2.62. The quantitative estimate of drug-likeness (QED) is 0.550. The highest BCUT2D eigenvalue weighted by molar-refractivity contribution is 5.86. The van der Waals surface area contributed by atoms with Crippen LogP contribution >= 0.6 is 0 Å². The fraction of sp³-hybridized carbons (Fsp3) is 0.167. The van der Waals surface area contributed by atoms with Crippen LogP contribution in [0.25, 0.3) is 11.0 Å². The maximum absolute atomic E-state index is 11.0. The number of fused-ring (bicyclic) bond motifs is 1. The summed E-state index contributed by atoms with van der Waals surface area (Å²) in [5.41, 5.74) is 2.46. The monoisotopic (exact) mass is 366 g/mol. The maximum Gasteiger partial charge on any atom is 0.348 e. The lowest BCUT2D eigenvalue weighted by atomic mass is 10.2. The summed E-state index contributed by atoms with van der Waals surface area (Å²) in [5.74, 6) is -1.98. The third-order valence-corrected chi connectivity index (χ3v) is 2.74. The van der Waals surface area contributed by atoms with Crippen LogP contribution in [-0.2, 0) is 19.3 Å². The minimum Gasteiger partial charge on any atom is -0.342 e. The highest BCUT2D eigenvalue weighted by Crippen LogP contribution is 2.32. The Morgan fingerprint density at radius 1 is 0.885 bits per heavy atom. The molecule has 2 aromatic rings. The molecule has 0 unspecified atom stereocenters. The number of rotatable bonds is 6. The molecule has 1 aromatic carbocycles. The number of nitrogens with zero attached hydrogens (tertiary/aromatic N) is 4. The van der Waals surface area contributed by atoms with Crippen molar-refractivity contribution >= 4 is 46.0 Å². The minimum atomic E-state index is -0.941. The molecule has 0 saturated carbocycles. The van der Waals surface area contributed by atoms with Crippen molar-refractivity contribution in [3.05, 3.63) is 32.4 Å². The van der Waals surface area contributed by atoms with E-state index in [1.54, 1.807) is 0 Å². The van der Waals surface area contributed by atoms with Gasteiger partial charge in [0.2, 0.25) is 11.6 Å². The topological polar surface area (TPSA) is 189 Å². The lowest BCUT2D eigenvalue weighted by molar-refractivity contribution is -0.422. The molecule has 1 aromatic heterocycles. The molecule has 2 N–H and O–H groups in total. The number of hydrogen-bond acceptors (Lipinski definition) is 12. The second-order valence-corrected chi connectivity index (χ2v) is 4.66. The summed E-state index contributed by atoms with van der Waals surface area (Å²) >= 11 is 0. The largest absolute Gasteiger partial charge is 0.348 e. The average Bonchev–Trinajstić information content (AvgIpc) is 2.56.